The smallest absolute Gasteiger partial charge is 0.308 e. The summed E-state index contributed by atoms with van der Waals surface area (Å²) in [5, 5.41) is 12.3. The first kappa shape index (κ1) is 20.3. The zero-order valence-electron chi connectivity index (χ0n) is 16.5. The van der Waals surface area contributed by atoms with Gasteiger partial charge in [0, 0.05) is 30.7 Å². The van der Waals surface area contributed by atoms with E-state index < -0.39 is 0 Å². The number of esters is 1. The summed E-state index contributed by atoms with van der Waals surface area (Å²) < 4.78 is 4.81. The molecular formula is C22H29N3O3. The average molecular weight is 383 g/mol. The van der Waals surface area contributed by atoms with Crippen molar-refractivity contribution in [1.82, 2.24) is 5.32 Å². The van der Waals surface area contributed by atoms with Crippen molar-refractivity contribution in [2.75, 3.05) is 31.6 Å². The van der Waals surface area contributed by atoms with Crippen LogP contribution in [0.15, 0.2) is 24.3 Å². The topological polar surface area (TPSA) is 82.4 Å². The molecule has 0 bridgehead atoms. The molecule has 1 aliphatic carbocycles. The summed E-state index contributed by atoms with van der Waals surface area (Å²) in [4.78, 5) is 26.4. The number of rotatable bonds is 6. The number of Topliss-reactive ketones (excluding diaryl/α,β-unsaturated/α-hetero) is 1. The molecule has 6 heteroatoms. The number of nitrogens with one attached hydrogen (secondary N) is 1. The summed E-state index contributed by atoms with van der Waals surface area (Å²) in [6.07, 6.45) is 5.09. The number of ether oxygens (including phenoxy) is 1. The van der Waals surface area contributed by atoms with Gasteiger partial charge in [-0.3, -0.25) is 9.59 Å². The molecule has 2 aliphatic rings. The average Bonchev–Trinajstić information content (AvgIpc) is 2.77. The Labute approximate surface area is 166 Å². The molecule has 1 aromatic carbocycles. The fraction of sp³-hybridized carbons (Fsp3) is 0.591. The molecule has 28 heavy (non-hydrogen) atoms. The van der Waals surface area contributed by atoms with E-state index in [1.54, 1.807) is 0 Å². The van der Waals surface area contributed by atoms with Crippen molar-refractivity contribution in [3.8, 4) is 6.07 Å². The van der Waals surface area contributed by atoms with Gasteiger partial charge in [0.25, 0.3) is 0 Å². The number of nitrogens with zero attached hydrogens (tertiary/aromatic N) is 2. The summed E-state index contributed by atoms with van der Waals surface area (Å²) in [6.45, 7) is 2.32. The molecule has 0 aromatic heterocycles. The van der Waals surface area contributed by atoms with E-state index in [0.29, 0.717) is 18.2 Å². The number of benzene rings is 1. The van der Waals surface area contributed by atoms with E-state index in [1.807, 2.05) is 24.3 Å². The van der Waals surface area contributed by atoms with Crippen LogP contribution < -0.4 is 10.2 Å². The maximum atomic E-state index is 12.5. The first-order valence-electron chi connectivity index (χ1n) is 10.2. The van der Waals surface area contributed by atoms with Gasteiger partial charge in [-0.15, -0.1) is 0 Å². The molecule has 0 unspecified atom stereocenters. The van der Waals surface area contributed by atoms with Gasteiger partial charge < -0.3 is 15.0 Å². The Kier molecular flexibility index (Phi) is 7.05. The maximum absolute atomic E-state index is 12.5. The zero-order chi connectivity index (χ0) is 19.9. The predicted octanol–water partition coefficient (Wildman–Crippen LogP) is 2.67. The molecule has 1 aliphatic heterocycles. The van der Waals surface area contributed by atoms with Crippen LogP contribution >= 0.6 is 0 Å². The lowest BCUT2D eigenvalue weighted by molar-refractivity contribution is -0.147. The number of methoxy groups -OCH3 is 1. The Balaban J connectivity index is 1.38. The largest absolute Gasteiger partial charge is 0.469 e. The van der Waals surface area contributed by atoms with Gasteiger partial charge in [-0.2, -0.15) is 5.26 Å². The predicted molar refractivity (Wildman–Crippen MR) is 107 cm³/mol. The minimum Gasteiger partial charge on any atom is -0.469 e. The highest BCUT2D eigenvalue weighted by atomic mass is 16.5. The Hall–Kier alpha value is -2.39. The van der Waals surface area contributed by atoms with Gasteiger partial charge in [-0.25, -0.2) is 0 Å². The van der Waals surface area contributed by atoms with Crippen molar-refractivity contribution in [3.63, 3.8) is 0 Å². The molecule has 1 N–H and O–H groups in total. The number of hydrogen-bond acceptors (Lipinski definition) is 6. The van der Waals surface area contributed by atoms with Crippen molar-refractivity contribution in [1.29, 1.82) is 5.26 Å². The molecular weight excluding hydrogens is 354 g/mol. The first-order chi connectivity index (χ1) is 13.6. The molecule has 150 valence electrons. The molecule has 1 heterocycles. The van der Waals surface area contributed by atoms with Crippen LogP contribution in [0.25, 0.3) is 0 Å². The minimum atomic E-state index is -0.141. The molecule has 0 amide bonds. The standard InChI is InChI=1S/C22H29N3O3/c1-28-22(27)18-6-4-17(5-7-18)21(26)15-24-19-10-12-25(13-11-19)20-8-2-16(14-23)3-9-20/h2-3,8-9,17-19,24H,4-7,10-13,15H2,1H3. The summed E-state index contributed by atoms with van der Waals surface area (Å²) >= 11 is 0. The van der Waals surface area contributed by atoms with E-state index in [4.69, 9.17) is 10.00 Å². The fourth-order valence-corrected chi connectivity index (χ4v) is 4.30. The molecule has 0 radical (unpaired) electrons. The highest BCUT2D eigenvalue weighted by Crippen LogP contribution is 2.30. The monoisotopic (exact) mass is 383 g/mol. The molecule has 6 nitrogen and oxygen atoms in total. The molecule has 0 spiro atoms. The number of carbonyl (C=O) groups is 2. The number of piperidine rings is 1. The third-order valence-corrected chi connectivity index (χ3v) is 6.14. The second kappa shape index (κ2) is 9.70. The van der Waals surface area contributed by atoms with Crippen LogP contribution in [0.3, 0.4) is 0 Å². The van der Waals surface area contributed by atoms with Gasteiger partial charge in [0.15, 0.2) is 0 Å². The first-order valence-corrected chi connectivity index (χ1v) is 10.2. The quantitative estimate of drug-likeness (QED) is 0.761. The van der Waals surface area contributed by atoms with Crippen LogP contribution in [-0.2, 0) is 14.3 Å². The van der Waals surface area contributed by atoms with Crippen LogP contribution in [0.5, 0.6) is 0 Å². The minimum absolute atomic E-state index is 0.0337. The van der Waals surface area contributed by atoms with Gasteiger partial charge in [-0.05, 0) is 62.8 Å². The van der Waals surface area contributed by atoms with Crippen molar-refractivity contribution in [2.24, 2.45) is 11.8 Å². The lowest BCUT2D eigenvalue weighted by Crippen LogP contribution is -2.45. The third kappa shape index (κ3) is 5.11. The second-order valence-electron chi connectivity index (χ2n) is 7.84. The van der Waals surface area contributed by atoms with Crippen molar-refractivity contribution in [3.05, 3.63) is 29.8 Å². The fourth-order valence-electron chi connectivity index (χ4n) is 4.30. The van der Waals surface area contributed by atoms with Crippen LogP contribution in [0.2, 0.25) is 0 Å². The lowest BCUT2D eigenvalue weighted by Gasteiger charge is -2.34. The third-order valence-electron chi connectivity index (χ3n) is 6.14. The molecule has 1 saturated carbocycles. The van der Waals surface area contributed by atoms with Gasteiger partial charge >= 0.3 is 5.97 Å². The highest BCUT2D eigenvalue weighted by Gasteiger charge is 2.30. The van der Waals surface area contributed by atoms with E-state index in [0.717, 1.165) is 57.3 Å². The maximum Gasteiger partial charge on any atom is 0.308 e. The van der Waals surface area contributed by atoms with Crippen molar-refractivity contribution in [2.45, 2.75) is 44.6 Å². The highest BCUT2D eigenvalue weighted by molar-refractivity contribution is 5.83. The summed E-state index contributed by atoms with van der Waals surface area (Å²) in [6, 6.07) is 10.2. The number of ketones is 1. The number of carbonyl (C=O) groups excluding carboxylic acids is 2. The Morgan fingerprint density at radius 3 is 2.25 bits per heavy atom. The number of anilines is 1. The molecule has 1 saturated heterocycles. The summed E-state index contributed by atoms with van der Waals surface area (Å²) in [5.74, 6) is 0.177. The normalized spacial score (nSPS) is 23.1. The molecule has 0 atom stereocenters. The van der Waals surface area contributed by atoms with Gasteiger partial charge in [0.05, 0.1) is 31.2 Å². The zero-order valence-corrected chi connectivity index (χ0v) is 16.5. The van der Waals surface area contributed by atoms with E-state index in [9.17, 15) is 9.59 Å². The van der Waals surface area contributed by atoms with Gasteiger partial charge in [0.2, 0.25) is 0 Å². The number of nitriles is 1. The van der Waals surface area contributed by atoms with Gasteiger partial charge in [-0.1, -0.05) is 0 Å². The van der Waals surface area contributed by atoms with Crippen LogP contribution in [0, 0.1) is 23.2 Å². The van der Waals surface area contributed by atoms with Crippen LogP contribution in [0.1, 0.15) is 44.1 Å². The summed E-state index contributed by atoms with van der Waals surface area (Å²) in [7, 11) is 1.43. The van der Waals surface area contributed by atoms with E-state index >= 15 is 0 Å². The summed E-state index contributed by atoms with van der Waals surface area (Å²) in [5.41, 5.74) is 1.83. The van der Waals surface area contributed by atoms with Crippen molar-refractivity contribution >= 4 is 17.4 Å². The van der Waals surface area contributed by atoms with Crippen molar-refractivity contribution < 1.29 is 14.3 Å². The Bertz CT molecular complexity index is 710. The second-order valence-corrected chi connectivity index (χ2v) is 7.84. The molecule has 1 aromatic rings. The van der Waals surface area contributed by atoms with Crippen LogP contribution in [-0.4, -0.2) is 44.5 Å². The molecule has 3 rings (SSSR count). The van der Waals surface area contributed by atoms with Crippen LogP contribution in [0.4, 0.5) is 5.69 Å². The van der Waals surface area contributed by atoms with Gasteiger partial charge in [0.1, 0.15) is 5.78 Å². The Morgan fingerprint density at radius 2 is 1.68 bits per heavy atom. The SMILES string of the molecule is COC(=O)C1CCC(C(=O)CNC2CCN(c3ccc(C#N)cc3)CC2)CC1. The van der Waals surface area contributed by atoms with E-state index in [1.165, 1.54) is 7.11 Å². The van der Waals surface area contributed by atoms with E-state index in [2.05, 4.69) is 16.3 Å². The lowest BCUT2D eigenvalue weighted by atomic mass is 9.80. The van der Waals surface area contributed by atoms with E-state index in [-0.39, 0.29) is 23.6 Å². The molecule has 2 fully saturated rings. The number of hydrogen-bond donors (Lipinski definition) is 1. The Morgan fingerprint density at radius 1 is 1.07 bits per heavy atom.